The van der Waals surface area contributed by atoms with Gasteiger partial charge in [-0.25, -0.2) is 4.79 Å². The largest absolute Gasteiger partial charge is 0.463 e. The Hall–Kier alpha value is -4.03. The number of alkyl halides is 4. The predicted molar refractivity (Wildman–Crippen MR) is 362 cm³/mol. The summed E-state index contributed by atoms with van der Waals surface area (Å²) in [6.45, 7) is 27.8. The lowest BCUT2D eigenvalue weighted by atomic mass is 9.83. The molecule has 518 valence electrons. The van der Waals surface area contributed by atoms with E-state index < -0.39 is 52.0 Å². The highest BCUT2D eigenvalue weighted by Crippen LogP contribution is 2.37. The molecule has 0 amide bonds. The Labute approximate surface area is 570 Å². The lowest BCUT2D eigenvalue weighted by Crippen LogP contribution is -2.40. The highest BCUT2D eigenvalue weighted by atomic mass is 79.9. The summed E-state index contributed by atoms with van der Waals surface area (Å²) in [4.78, 5) is 97.9. The number of carbonyl (C=O) groups is 7. The van der Waals surface area contributed by atoms with Crippen LogP contribution < -0.4 is 0 Å². The van der Waals surface area contributed by atoms with Gasteiger partial charge in [-0.1, -0.05) is 89.9 Å². The zero-order valence-corrected chi connectivity index (χ0v) is 61.9. The van der Waals surface area contributed by atoms with Crippen molar-refractivity contribution in [3.05, 3.63) is 60.9 Å². The molecular formula is C63H105Br4N5O18. The molecule has 2 rings (SSSR count). The van der Waals surface area contributed by atoms with Crippen LogP contribution in [0.1, 0.15) is 96.4 Å². The van der Waals surface area contributed by atoms with Gasteiger partial charge in [0.1, 0.15) is 63.5 Å². The lowest BCUT2D eigenvalue weighted by molar-refractivity contribution is -0.159. The van der Waals surface area contributed by atoms with Gasteiger partial charge in [0.25, 0.3) is 0 Å². The summed E-state index contributed by atoms with van der Waals surface area (Å²) in [5, 5.41) is 0. The van der Waals surface area contributed by atoms with E-state index in [2.05, 4.69) is 80.3 Å². The van der Waals surface area contributed by atoms with Crippen molar-refractivity contribution in [1.29, 1.82) is 0 Å². The first-order valence-corrected chi connectivity index (χ1v) is 32.1. The zero-order valence-electron chi connectivity index (χ0n) is 55.6. The van der Waals surface area contributed by atoms with E-state index in [9.17, 15) is 33.6 Å². The van der Waals surface area contributed by atoms with Gasteiger partial charge in [-0.05, 0) is 156 Å². The molecule has 2 aromatic heterocycles. The highest BCUT2D eigenvalue weighted by Gasteiger charge is 2.44. The molecule has 0 saturated carbocycles. The number of carbonyl (C=O) groups excluding carboxylic acids is 7. The topological polar surface area (TPSA) is 257 Å². The van der Waals surface area contributed by atoms with E-state index in [0.717, 1.165) is 17.9 Å². The summed E-state index contributed by atoms with van der Waals surface area (Å²) >= 11 is 13.2. The maximum absolute atomic E-state index is 12.6. The molecular weight excluding hydrogens is 1430 g/mol. The van der Waals surface area contributed by atoms with Gasteiger partial charge in [0, 0.05) is 37.6 Å². The van der Waals surface area contributed by atoms with Crippen molar-refractivity contribution >= 4 is 106 Å². The third-order valence-electron chi connectivity index (χ3n) is 11.3. The van der Waals surface area contributed by atoms with Crippen LogP contribution in [-0.2, 0) is 85.7 Å². The third kappa shape index (κ3) is 46.1. The van der Waals surface area contributed by atoms with Crippen molar-refractivity contribution in [2.24, 2.45) is 10.8 Å². The van der Waals surface area contributed by atoms with Gasteiger partial charge < -0.3 is 66.8 Å². The van der Waals surface area contributed by atoms with Crippen LogP contribution in [0.4, 0.5) is 0 Å². The van der Waals surface area contributed by atoms with Crippen LogP contribution in [0, 0.1) is 10.8 Å². The number of esters is 7. The average molecular weight is 1540 g/mol. The van der Waals surface area contributed by atoms with E-state index in [1.807, 2.05) is 93.4 Å². The third-order valence-corrected chi connectivity index (χ3v) is 13.2. The number of nitrogens with zero attached hydrogens (tertiary/aromatic N) is 5. The Morgan fingerprint density at radius 2 is 0.656 bits per heavy atom. The first kappa shape index (κ1) is 90.2. The highest BCUT2D eigenvalue weighted by molar-refractivity contribution is 9.10. The van der Waals surface area contributed by atoms with Gasteiger partial charge in [0.2, 0.25) is 0 Å². The van der Waals surface area contributed by atoms with E-state index in [1.54, 1.807) is 88.6 Å². The second-order valence-electron chi connectivity index (χ2n) is 23.5. The van der Waals surface area contributed by atoms with Gasteiger partial charge >= 0.3 is 41.8 Å². The molecule has 0 aliphatic heterocycles. The molecule has 0 spiro atoms. The summed E-state index contributed by atoms with van der Waals surface area (Å²) < 4.78 is 54.1. The molecule has 27 heteroatoms. The Kier molecular flexibility index (Phi) is 47.9. The monoisotopic (exact) mass is 1540 g/mol. The normalized spacial score (nSPS) is 12.8. The molecule has 0 fully saturated rings. The van der Waals surface area contributed by atoms with E-state index in [0.29, 0.717) is 51.7 Å². The van der Waals surface area contributed by atoms with Crippen molar-refractivity contribution in [3.8, 4) is 11.4 Å². The number of rotatable bonds is 39. The van der Waals surface area contributed by atoms with Gasteiger partial charge in [0.15, 0.2) is 0 Å². The summed E-state index contributed by atoms with van der Waals surface area (Å²) in [5.74, 6) is -2.74. The number of pyridine rings is 2. The Bertz CT molecular complexity index is 2210. The molecule has 0 aliphatic carbocycles. The minimum atomic E-state index is -1.03. The molecule has 0 bridgehead atoms. The second kappa shape index (κ2) is 47.8. The number of hydrogen-bond acceptors (Lipinski definition) is 23. The van der Waals surface area contributed by atoms with E-state index in [-0.39, 0.29) is 104 Å². The van der Waals surface area contributed by atoms with Crippen LogP contribution in [0.3, 0.4) is 0 Å². The van der Waals surface area contributed by atoms with Crippen LogP contribution in [0.15, 0.2) is 60.9 Å². The molecule has 23 nitrogen and oxygen atoms in total. The number of halogens is 4. The summed E-state index contributed by atoms with van der Waals surface area (Å²) in [7, 11) is 11.4. The molecule has 0 saturated heterocycles. The average Bonchev–Trinajstić information content (AvgIpc) is 1.70. The minimum Gasteiger partial charge on any atom is -0.463 e. The molecule has 2 aromatic rings. The molecule has 90 heavy (non-hydrogen) atoms. The van der Waals surface area contributed by atoms with E-state index >= 15 is 0 Å². The van der Waals surface area contributed by atoms with Gasteiger partial charge in [0.05, 0.1) is 75.1 Å². The maximum atomic E-state index is 12.6. The smallest absolute Gasteiger partial charge is 0.333 e. The Balaban J connectivity index is -0.00000134. The molecule has 0 radical (unpaired) electrons. The zero-order chi connectivity index (χ0) is 68.5. The van der Waals surface area contributed by atoms with Crippen molar-refractivity contribution in [2.45, 2.75) is 114 Å². The molecule has 0 N–H and O–H groups in total. The van der Waals surface area contributed by atoms with Crippen molar-refractivity contribution in [3.63, 3.8) is 0 Å². The summed E-state index contributed by atoms with van der Waals surface area (Å²) in [6, 6.07) is 11.6. The van der Waals surface area contributed by atoms with Gasteiger partial charge in [-0.2, -0.15) is 0 Å². The van der Waals surface area contributed by atoms with Crippen molar-refractivity contribution in [1.82, 2.24) is 24.7 Å². The molecule has 2 heterocycles. The van der Waals surface area contributed by atoms with Crippen LogP contribution in [-0.4, -0.2) is 245 Å². The lowest BCUT2D eigenvalue weighted by Gasteiger charge is -2.30. The minimum absolute atomic E-state index is 0. The molecule has 0 aromatic carbocycles. The maximum Gasteiger partial charge on any atom is 0.333 e. The summed E-state index contributed by atoms with van der Waals surface area (Å²) in [5.41, 5.74) is 0.409. The molecule has 2 atom stereocenters. The standard InChI is InChI=1S/C30H54Br2N2O10.C14H24Br2O6.C10H8N2.C8H15NO2.CH4/c1-27(2,21-29(5,31)25(37)41-13-11-33(7)8)23(35)43-19-17-39-15-16-40-18-20-44-24(36)28(3,4)22-30(6,32)26(38)42-14-12-34(9)10;1-13(2,15)11(17)21-9-7-19-5-6-20-8-10-22-12(18)14(3,4)16;1-3-7-11-9(5-1)10-6-2-4-8-12-10;1-7(2)8(10)11-6-5-9(3)4;/h11-22H2,1-10H3;5-10H2,1-4H3;1-8H;1,5-6H2,2-4H3;1H4. The van der Waals surface area contributed by atoms with Crippen molar-refractivity contribution in [2.75, 3.05) is 161 Å². The van der Waals surface area contributed by atoms with E-state index in [1.165, 1.54) is 0 Å². The number of hydrogen-bond donors (Lipinski definition) is 0. The SMILES string of the molecule is C.C=C(C)C(=O)OCCN(C)C.CC(C)(Br)C(=O)OCCOCCOCCOC(=O)C(C)(C)Br.CN(C)CCOC(=O)C(C)(Br)CC(C)(C)C(=O)OCCOCCOCCOC(=O)C(C)(C)CC(C)(Br)C(=O)OCCN(C)C.c1ccc(-c2ccccn2)nc1. The van der Waals surface area contributed by atoms with Crippen LogP contribution >= 0.6 is 63.7 Å². The van der Waals surface area contributed by atoms with Crippen LogP contribution in [0.5, 0.6) is 0 Å². The number of ether oxygens (including phenoxy) is 11. The van der Waals surface area contributed by atoms with Crippen molar-refractivity contribution < 1.29 is 85.7 Å². The number of likely N-dealkylation sites (N-methyl/N-ethyl adjacent to an activating group) is 3. The fraction of sp³-hybridized carbons (Fsp3) is 0.698. The Morgan fingerprint density at radius 3 is 0.900 bits per heavy atom. The fourth-order valence-corrected chi connectivity index (χ4v) is 8.37. The first-order chi connectivity index (χ1) is 41.2. The quantitative estimate of drug-likeness (QED) is 0.0198. The fourth-order valence-electron chi connectivity index (χ4n) is 6.52. The van der Waals surface area contributed by atoms with Crippen LogP contribution in [0.25, 0.3) is 11.4 Å². The summed E-state index contributed by atoms with van der Waals surface area (Å²) in [6.07, 6.45) is 3.91. The number of aromatic nitrogens is 2. The predicted octanol–water partition coefficient (Wildman–Crippen LogP) is 9.36. The Morgan fingerprint density at radius 1 is 0.400 bits per heavy atom. The molecule has 0 aliphatic rings. The first-order valence-electron chi connectivity index (χ1n) is 28.9. The van der Waals surface area contributed by atoms with Gasteiger partial charge in [-0.3, -0.25) is 38.7 Å². The van der Waals surface area contributed by atoms with E-state index in [4.69, 9.17) is 52.1 Å². The molecule has 2 unspecified atom stereocenters. The van der Waals surface area contributed by atoms with Gasteiger partial charge in [-0.15, -0.1) is 0 Å². The van der Waals surface area contributed by atoms with Crippen LogP contribution in [0.2, 0.25) is 0 Å². The second-order valence-corrected chi connectivity index (χ2v) is 30.9.